The molecule has 1 aliphatic rings. The molecule has 1 atom stereocenters. The van der Waals surface area contributed by atoms with Crippen molar-refractivity contribution in [3.05, 3.63) is 71.3 Å². The fraction of sp³-hybridized carbons (Fsp3) is 0.238. The van der Waals surface area contributed by atoms with Crippen molar-refractivity contribution in [2.24, 2.45) is 0 Å². The Kier molecular flexibility index (Phi) is 4.61. The Balaban J connectivity index is 1.99. The number of phenols is 1. The Bertz CT molecular complexity index is 772. The predicted molar refractivity (Wildman–Crippen MR) is 96.6 cm³/mol. The molecule has 0 saturated carbocycles. The van der Waals surface area contributed by atoms with Gasteiger partial charge in [-0.3, -0.25) is 0 Å². The van der Waals surface area contributed by atoms with E-state index in [0.29, 0.717) is 0 Å². The summed E-state index contributed by atoms with van der Waals surface area (Å²) in [5, 5.41) is 9.47. The molecule has 1 unspecified atom stereocenters. The number of benzene rings is 2. The zero-order chi connectivity index (χ0) is 17.1. The van der Waals surface area contributed by atoms with Gasteiger partial charge in [0, 0.05) is 0 Å². The van der Waals surface area contributed by atoms with Gasteiger partial charge < -0.3 is 14.6 Å². The minimum absolute atomic E-state index is 0.0258. The van der Waals surface area contributed by atoms with Crippen LogP contribution < -0.4 is 9.47 Å². The molecule has 3 rings (SSSR count). The van der Waals surface area contributed by atoms with Gasteiger partial charge in [-0.15, -0.1) is 0 Å². The third-order valence-electron chi connectivity index (χ3n) is 4.19. The third kappa shape index (κ3) is 3.30. The molecule has 0 aliphatic carbocycles. The lowest BCUT2D eigenvalue weighted by Crippen LogP contribution is -2.16. The first-order valence-corrected chi connectivity index (χ1v) is 8.07. The normalized spacial score (nSPS) is 16.5. The maximum Gasteiger partial charge on any atom is 0.134 e. The quantitative estimate of drug-likeness (QED) is 0.800. The molecular weight excluding hydrogens is 300 g/mol. The van der Waals surface area contributed by atoms with Crippen LogP contribution in [0.3, 0.4) is 0 Å². The molecule has 1 N–H and O–H groups in total. The fourth-order valence-electron chi connectivity index (χ4n) is 2.94. The topological polar surface area (TPSA) is 38.7 Å². The summed E-state index contributed by atoms with van der Waals surface area (Å²) in [5.74, 6) is 1.93. The highest BCUT2D eigenvalue weighted by molar-refractivity contribution is 5.68. The van der Waals surface area contributed by atoms with Gasteiger partial charge in [0.05, 0.1) is 12.7 Å². The zero-order valence-electron chi connectivity index (χ0n) is 14.1. The van der Waals surface area contributed by atoms with Crippen LogP contribution in [0.4, 0.5) is 0 Å². The molecular formula is C21H22O3. The molecule has 1 aliphatic heterocycles. The van der Waals surface area contributed by atoms with Crippen LogP contribution in [-0.4, -0.2) is 12.2 Å². The molecule has 0 saturated heterocycles. The molecule has 1 heterocycles. The van der Waals surface area contributed by atoms with Crippen LogP contribution in [0.2, 0.25) is 0 Å². The van der Waals surface area contributed by atoms with Crippen molar-refractivity contribution >= 4 is 6.08 Å². The van der Waals surface area contributed by atoms with Crippen molar-refractivity contribution in [1.29, 1.82) is 0 Å². The summed E-state index contributed by atoms with van der Waals surface area (Å²) in [7, 11) is 1.67. The Labute approximate surface area is 142 Å². The molecule has 2 aromatic carbocycles. The van der Waals surface area contributed by atoms with Crippen LogP contribution in [0, 0.1) is 0 Å². The van der Waals surface area contributed by atoms with E-state index in [9.17, 15) is 5.11 Å². The van der Waals surface area contributed by atoms with Crippen molar-refractivity contribution in [3.8, 4) is 17.2 Å². The van der Waals surface area contributed by atoms with Crippen molar-refractivity contribution in [2.45, 2.75) is 25.9 Å². The van der Waals surface area contributed by atoms with E-state index < -0.39 is 0 Å². The van der Waals surface area contributed by atoms with Crippen molar-refractivity contribution in [1.82, 2.24) is 0 Å². The molecule has 3 nitrogen and oxygen atoms in total. The van der Waals surface area contributed by atoms with Crippen molar-refractivity contribution in [3.63, 3.8) is 0 Å². The van der Waals surface area contributed by atoms with Gasteiger partial charge in [-0.1, -0.05) is 36.4 Å². The number of fused-ring (bicyclic) bond motifs is 1. The van der Waals surface area contributed by atoms with E-state index in [-0.39, 0.29) is 11.9 Å². The summed E-state index contributed by atoms with van der Waals surface area (Å²) in [4.78, 5) is 0. The second kappa shape index (κ2) is 6.83. The summed E-state index contributed by atoms with van der Waals surface area (Å²) in [6.45, 7) is 5.87. The molecule has 0 amide bonds. The zero-order valence-corrected chi connectivity index (χ0v) is 14.1. The minimum atomic E-state index is -0.0258. The monoisotopic (exact) mass is 322 g/mol. The average molecular weight is 322 g/mol. The highest BCUT2D eigenvalue weighted by Gasteiger charge is 2.24. The highest BCUT2D eigenvalue weighted by atomic mass is 16.5. The van der Waals surface area contributed by atoms with Gasteiger partial charge in [0.1, 0.15) is 23.4 Å². The second-order valence-electron chi connectivity index (χ2n) is 6.09. The standard InChI is InChI=1S/C21H22O3/c1-14(2)4-11-18-20(23-3)13-8-16-7-12-19(24-21(16)18)15-5-9-17(22)10-6-15/h4-6,8-11,13,19,22H,1,7,12H2,2-3H3. The Morgan fingerprint density at radius 1 is 1.25 bits per heavy atom. The first kappa shape index (κ1) is 16.2. The van der Waals surface area contributed by atoms with Gasteiger partial charge in [-0.2, -0.15) is 0 Å². The summed E-state index contributed by atoms with van der Waals surface area (Å²) < 4.78 is 11.8. The highest BCUT2D eigenvalue weighted by Crippen LogP contribution is 2.42. The van der Waals surface area contributed by atoms with Gasteiger partial charge in [-0.05, 0) is 55.2 Å². The van der Waals surface area contributed by atoms with Crippen molar-refractivity contribution < 1.29 is 14.6 Å². The third-order valence-corrected chi connectivity index (χ3v) is 4.19. The largest absolute Gasteiger partial charge is 0.508 e. The van der Waals surface area contributed by atoms with Gasteiger partial charge in [-0.25, -0.2) is 0 Å². The number of methoxy groups -OCH3 is 1. The SMILES string of the molecule is C=C(C)C=Cc1c(OC)ccc2c1OC(c1ccc(O)cc1)CC2. The van der Waals surface area contributed by atoms with E-state index in [1.165, 1.54) is 5.56 Å². The smallest absolute Gasteiger partial charge is 0.134 e. The summed E-state index contributed by atoms with van der Waals surface area (Å²) in [5.41, 5.74) is 4.17. The lowest BCUT2D eigenvalue weighted by Gasteiger charge is -2.28. The average Bonchev–Trinajstić information content (AvgIpc) is 2.59. The number of hydrogen-bond donors (Lipinski definition) is 1. The van der Waals surface area contributed by atoms with Crippen LogP contribution in [0.1, 0.15) is 36.1 Å². The number of aromatic hydroxyl groups is 1. The minimum Gasteiger partial charge on any atom is -0.508 e. The molecule has 24 heavy (non-hydrogen) atoms. The summed E-state index contributed by atoms with van der Waals surface area (Å²) in [6, 6.07) is 11.3. The molecule has 2 aromatic rings. The number of allylic oxidation sites excluding steroid dienone is 2. The predicted octanol–water partition coefficient (Wildman–Crippen LogP) is 5.06. The number of hydrogen-bond acceptors (Lipinski definition) is 3. The Hall–Kier alpha value is -2.68. The first-order chi connectivity index (χ1) is 11.6. The second-order valence-corrected chi connectivity index (χ2v) is 6.09. The maximum atomic E-state index is 9.47. The molecule has 124 valence electrons. The first-order valence-electron chi connectivity index (χ1n) is 8.07. The molecule has 0 bridgehead atoms. The van der Waals surface area contributed by atoms with E-state index in [1.807, 2.05) is 37.3 Å². The molecule has 0 spiro atoms. The number of rotatable bonds is 4. The number of phenolic OH excluding ortho intramolecular Hbond substituents is 1. The lowest BCUT2D eigenvalue weighted by molar-refractivity contribution is 0.175. The molecule has 0 fully saturated rings. The molecule has 3 heteroatoms. The Morgan fingerprint density at radius 3 is 2.67 bits per heavy atom. The van der Waals surface area contributed by atoms with E-state index in [1.54, 1.807) is 19.2 Å². The van der Waals surface area contributed by atoms with Gasteiger partial charge in [0.15, 0.2) is 0 Å². The fourth-order valence-corrected chi connectivity index (χ4v) is 2.94. The summed E-state index contributed by atoms with van der Waals surface area (Å²) >= 11 is 0. The Morgan fingerprint density at radius 2 is 2.00 bits per heavy atom. The van der Waals surface area contributed by atoms with Crippen LogP contribution in [-0.2, 0) is 6.42 Å². The van der Waals surface area contributed by atoms with Crippen LogP contribution in [0.5, 0.6) is 17.2 Å². The van der Waals surface area contributed by atoms with Crippen LogP contribution in [0.25, 0.3) is 6.08 Å². The van der Waals surface area contributed by atoms with Crippen LogP contribution >= 0.6 is 0 Å². The maximum absolute atomic E-state index is 9.47. The lowest BCUT2D eigenvalue weighted by atomic mass is 9.95. The number of aryl methyl sites for hydroxylation is 1. The number of ether oxygens (including phenoxy) is 2. The van der Waals surface area contributed by atoms with E-state index in [4.69, 9.17) is 9.47 Å². The van der Waals surface area contributed by atoms with E-state index >= 15 is 0 Å². The van der Waals surface area contributed by atoms with Gasteiger partial charge in [0.25, 0.3) is 0 Å². The summed E-state index contributed by atoms with van der Waals surface area (Å²) in [6.07, 6.45) is 5.79. The van der Waals surface area contributed by atoms with E-state index in [0.717, 1.165) is 41.0 Å². The molecule has 0 aromatic heterocycles. The van der Waals surface area contributed by atoms with E-state index in [2.05, 4.69) is 12.6 Å². The van der Waals surface area contributed by atoms with Gasteiger partial charge >= 0.3 is 0 Å². The van der Waals surface area contributed by atoms with Crippen LogP contribution in [0.15, 0.2) is 54.6 Å². The van der Waals surface area contributed by atoms with Crippen molar-refractivity contribution in [2.75, 3.05) is 7.11 Å². The molecule has 0 radical (unpaired) electrons. The van der Waals surface area contributed by atoms with Gasteiger partial charge in [0.2, 0.25) is 0 Å².